The van der Waals surface area contributed by atoms with Gasteiger partial charge < -0.3 is 15.5 Å². The summed E-state index contributed by atoms with van der Waals surface area (Å²) in [5.74, 6) is -1.10. The van der Waals surface area contributed by atoms with Crippen molar-refractivity contribution in [3.63, 3.8) is 0 Å². The van der Waals surface area contributed by atoms with Gasteiger partial charge in [0.25, 0.3) is 5.91 Å². The predicted molar refractivity (Wildman–Crippen MR) is 101 cm³/mol. The number of carbonyl (C=O) groups excluding carboxylic acids is 1. The van der Waals surface area contributed by atoms with E-state index in [9.17, 15) is 9.18 Å². The van der Waals surface area contributed by atoms with Crippen LogP contribution >= 0.6 is 11.6 Å². The molecule has 1 amide bonds. The standard InChI is InChI=1S/C20H22ClFN2O2/c1-19(2,26-17-10-9-15(21)13-16(17)22)18(25)24-20(3,11-12-23)14-7-5-4-6-8-14/h4-10,12-13,23H,11H2,1-3H3,(H,24,25). The van der Waals surface area contributed by atoms with Crippen molar-refractivity contribution in [1.29, 1.82) is 5.41 Å². The number of carbonyl (C=O) groups is 1. The molecule has 2 aromatic carbocycles. The maximum atomic E-state index is 14.0. The third-order valence-electron chi connectivity index (χ3n) is 4.12. The molecule has 0 saturated heterocycles. The Morgan fingerprint density at radius 1 is 1.23 bits per heavy atom. The Labute approximate surface area is 157 Å². The van der Waals surface area contributed by atoms with Crippen molar-refractivity contribution in [1.82, 2.24) is 5.32 Å². The largest absolute Gasteiger partial charge is 0.475 e. The first-order valence-electron chi connectivity index (χ1n) is 8.19. The zero-order valence-corrected chi connectivity index (χ0v) is 15.7. The van der Waals surface area contributed by atoms with E-state index >= 15 is 0 Å². The van der Waals surface area contributed by atoms with E-state index in [-0.39, 0.29) is 10.8 Å². The molecule has 0 heterocycles. The van der Waals surface area contributed by atoms with Gasteiger partial charge in [-0.3, -0.25) is 4.79 Å². The summed E-state index contributed by atoms with van der Waals surface area (Å²) >= 11 is 5.74. The molecule has 0 bridgehead atoms. The molecule has 26 heavy (non-hydrogen) atoms. The van der Waals surface area contributed by atoms with E-state index in [1.54, 1.807) is 13.8 Å². The summed E-state index contributed by atoms with van der Waals surface area (Å²) in [6, 6.07) is 13.4. The van der Waals surface area contributed by atoms with Crippen LogP contribution in [0.5, 0.6) is 5.75 Å². The van der Waals surface area contributed by atoms with Crippen LogP contribution in [0, 0.1) is 11.2 Å². The zero-order valence-electron chi connectivity index (χ0n) is 15.0. The molecular formula is C20H22ClFN2O2. The number of rotatable bonds is 7. The average molecular weight is 377 g/mol. The van der Waals surface area contributed by atoms with Gasteiger partial charge >= 0.3 is 0 Å². The summed E-state index contributed by atoms with van der Waals surface area (Å²) in [5.41, 5.74) is -1.24. The Balaban J connectivity index is 2.23. The van der Waals surface area contributed by atoms with Crippen molar-refractivity contribution in [2.45, 2.75) is 38.3 Å². The summed E-state index contributed by atoms with van der Waals surface area (Å²) in [7, 11) is 0. The normalized spacial score (nSPS) is 13.6. The molecule has 138 valence electrons. The summed E-state index contributed by atoms with van der Waals surface area (Å²) in [5, 5.41) is 10.7. The quantitative estimate of drug-likeness (QED) is 0.687. The lowest BCUT2D eigenvalue weighted by atomic mass is 9.88. The Hall–Kier alpha value is -2.40. The van der Waals surface area contributed by atoms with Crippen molar-refractivity contribution in [3.8, 4) is 5.75 Å². The SMILES string of the molecule is CC(C)(Oc1ccc(Cl)cc1F)C(=O)NC(C)(CC=N)c1ccccc1. The lowest BCUT2D eigenvalue weighted by Crippen LogP contribution is -2.54. The second-order valence-electron chi connectivity index (χ2n) is 6.75. The molecule has 0 spiro atoms. The van der Waals surface area contributed by atoms with Crippen LogP contribution in [0.15, 0.2) is 48.5 Å². The van der Waals surface area contributed by atoms with E-state index in [0.29, 0.717) is 6.42 Å². The molecule has 0 fully saturated rings. The molecule has 0 aliphatic rings. The van der Waals surface area contributed by atoms with Gasteiger partial charge in [-0.05, 0) is 50.7 Å². The molecule has 0 aliphatic heterocycles. The van der Waals surface area contributed by atoms with E-state index in [1.807, 2.05) is 37.3 Å². The maximum absolute atomic E-state index is 14.0. The topological polar surface area (TPSA) is 62.2 Å². The average Bonchev–Trinajstić information content (AvgIpc) is 2.58. The molecule has 6 heteroatoms. The van der Waals surface area contributed by atoms with Crippen molar-refractivity contribution in [2.24, 2.45) is 0 Å². The molecule has 1 unspecified atom stereocenters. The minimum absolute atomic E-state index is 0.0528. The van der Waals surface area contributed by atoms with Crippen LogP contribution in [0.25, 0.3) is 0 Å². The Morgan fingerprint density at radius 3 is 2.46 bits per heavy atom. The lowest BCUT2D eigenvalue weighted by Gasteiger charge is -2.34. The fourth-order valence-electron chi connectivity index (χ4n) is 2.53. The molecule has 4 nitrogen and oxygen atoms in total. The molecule has 1 atom stereocenters. The summed E-state index contributed by atoms with van der Waals surface area (Å²) in [4.78, 5) is 12.9. The van der Waals surface area contributed by atoms with E-state index in [0.717, 1.165) is 11.6 Å². The zero-order chi connectivity index (χ0) is 19.4. The van der Waals surface area contributed by atoms with E-state index in [4.69, 9.17) is 21.7 Å². The molecule has 0 aromatic heterocycles. The molecule has 2 aromatic rings. The minimum Gasteiger partial charge on any atom is -0.475 e. The number of hydrogen-bond donors (Lipinski definition) is 2. The van der Waals surface area contributed by atoms with E-state index in [2.05, 4.69) is 5.32 Å². The van der Waals surface area contributed by atoms with Gasteiger partial charge in [0, 0.05) is 11.4 Å². The lowest BCUT2D eigenvalue weighted by molar-refractivity contribution is -0.136. The third kappa shape index (κ3) is 4.61. The van der Waals surface area contributed by atoms with Crippen LogP contribution in [-0.4, -0.2) is 17.7 Å². The fraction of sp³-hybridized carbons (Fsp3) is 0.300. The Kier molecular flexibility index (Phi) is 6.03. The van der Waals surface area contributed by atoms with Crippen LogP contribution in [0.1, 0.15) is 32.8 Å². The van der Waals surface area contributed by atoms with Crippen LogP contribution in [0.4, 0.5) is 4.39 Å². The number of benzene rings is 2. The number of hydrogen-bond acceptors (Lipinski definition) is 3. The van der Waals surface area contributed by atoms with Crippen LogP contribution in [0.3, 0.4) is 0 Å². The van der Waals surface area contributed by atoms with Gasteiger partial charge in [0.2, 0.25) is 0 Å². The second-order valence-corrected chi connectivity index (χ2v) is 7.18. The smallest absolute Gasteiger partial charge is 0.264 e. The molecular weight excluding hydrogens is 355 g/mol. The fourth-order valence-corrected chi connectivity index (χ4v) is 2.69. The number of halogens is 2. The van der Waals surface area contributed by atoms with Crippen LogP contribution in [0.2, 0.25) is 5.02 Å². The van der Waals surface area contributed by atoms with Gasteiger partial charge in [0.1, 0.15) is 0 Å². The minimum atomic E-state index is -1.33. The van der Waals surface area contributed by atoms with Crippen molar-refractivity contribution >= 4 is 23.7 Å². The van der Waals surface area contributed by atoms with Crippen LogP contribution < -0.4 is 10.1 Å². The highest BCUT2D eigenvalue weighted by Gasteiger charge is 2.37. The predicted octanol–water partition coefficient (Wildman–Crippen LogP) is 4.71. The van der Waals surface area contributed by atoms with Crippen molar-refractivity contribution < 1.29 is 13.9 Å². The summed E-state index contributed by atoms with van der Waals surface area (Å²) < 4.78 is 19.6. The molecule has 0 aliphatic carbocycles. The maximum Gasteiger partial charge on any atom is 0.264 e. The summed E-state index contributed by atoms with van der Waals surface area (Å²) in [6.07, 6.45) is 1.56. The molecule has 2 N–H and O–H groups in total. The van der Waals surface area contributed by atoms with Gasteiger partial charge in [-0.2, -0.15) is 0 Å². The van der Waals surface area contributed by atoms with Gasteiger partial charge in [-0.15, -0.1) is 0 Å². The van der Waals surface area contributed by atoms with Crippen LogP contribution in [-0.2, 0) is 10.3 Å². The second kappa shape index (κ2) is 7.87. The monoisotopic (exact) mass is 376 g/mol. The number of nitrogens with one attached hydrogen (secondary N) is 2. The first-order chi connectivity index (χ1) is 12.2. The van der Waals surface area contributed by atoms with E-state index < -0.39 is 22.9 Å². The molecule has 0 radical (unpaired) electrons. The van der Waals surface area contributed by atoms with Gasteiger partial charge in [0.15, 0.2) is 17.2 Å². The highest BCUT2D eigenvalue weighted by molar-refractivity contribution is 6.30. The van der Waals surface area contributed by atoms with Crippen molar-refractivity contribution in [3.05, 3.63) is 64.9 Å². The number of amides is 1. The Morgan fingerprint density at radius 2 is 1.88 bits per heavy atom. The van der Waals surface area contributed by atoms with Gasteiger partial charge in [-0.1, -0.05) is 41.9 Å². The van der Waals surface area contributed by atoms with Gasteiger partial charge in [-0.25, -0.2) is 4.39 Å². The Bertz CT molecular complexity index is 796. The summed E-state index contributed by atoms with van der Waals surface area (Å²) in [6.45, 7) is 4.96. The van der Waals surface area contributed by atoms with E-state index in [1.165, 1.54) is 18.3 Å². The molecule has 0 saturated carbocycles. The van der Waals surface area contributed by atoms with Gasteiger partial charge in [0.05, 0.1) is 5.54 Å². The molecule has 2 rings (SSSR count). The highest BCUT2D eigenvalue weighted by Crippen LogP contribution is 2.28. The first kappa shape index (κ1) is 19.9. The highest BCUT2D eigenvalue weighted by atomic mass is 35.5. The third-order valence-corrected chi connectivity index (χ3v) is 4.35. The number of ether oxygens (including phenoxy) is 1. The van der Waals surface area contributed by atoms with Crippen molar-refractivity contribution in [2.75, 3.05) is 0 Å². The first-order valence-corrected chi connectivity index (χ1v) is 8.57.